The highest BCUT2D eigenvalue weighted by molar-refractivity contribution is 6.01. The predicted molar refractivity (Wildman–Crippen MR) is 95.6 cm³/mol. The largest absolute Gasteiger partial charge is 0.456 e. The number of fused-ring (bicyclic) bond motifs is 1. The standard InChI is InChI=1S/C21H20O2/c1-13-5-9-17(10-6-13)20-18-11-7-14(2)16(4)21(18)23-19(20)12-8-15(3)22/h5-12H,1-4H3/b12-8+. The lowest BCUT2D eigenvalue weighted by molar-refractivity contribution is -0.112. The molecule has 0 saturated heterocycles. The molecule has 3 aromatic rings. The van der Waals surface area contributed by atoms with Crippen LogP contribution < -0.4 is 0 Å². The fourth-order valence-electron chi connectivity index (χ4n) is 2.74. The normalized spacial score (nSPS) is 11.5. The van der Waals surface area contributed by atoms with Crippen LogP contribution in [0, 0.1) is 20.8 Å². The fourth-order valence-corrected chi connectivity index (χ4v) is 2.74. The number of benzene rings is 2. The summed E-state index contributed by atoms with van der Waals surface area (Å²) in [6.07, 6.45) is 3.32. The lowest BCUT2D eigenvalue weighted by atomic mass is 9.98. The summed E-state index contributed by atoms with van der Waals surface area (Å²) in [4.78, 5) is 11.3. The van der Waals surface area contributed by atoms with Crippen molar-refractivity contribution < 1.29 is 9.21 Å². The van der Waals surface area contributed by atoms with Gasteiger partial charge in [-0.15, -0.1) is 0 Å². The van der Waals surface area contributed by atoms with E-state index in [0.717, 1.165) is 33.4 Å². The SMILES string of the molecule is CC(=O)/C=C/c1oc2c(C)c(C)ccc2c1-c1ccc(C)cc1. The number of hydrogen-bond donors (Lipinski definition) is 0. The van der Waals surface area contributed by atoms with Crippen molar-refractivity contribution in [1.29, 1.82) is 0 Å². The predicted octanol–water partition coefficient (Wildman–Crippen LogP) is 5.63. The third-order valence-corrected chi connectivity index (χ3v) is 4.21. The number of carbonyl (C=O) groups is 1. The van der Waals surface area contributed by atoms with E-state index in [9.17, 15) is 4.79 Å². The summed E-state index contributed by atoms with van der Waals surface area (Å²) in [5, 5.41) is 1.08. The van der Waals surface area contributed by atoms with E-state index < -0.39 is 0 Å². The van der Waals surface area contributed by atoms with Gasteiger partial charge in [-0.25, -0.2) is 0 Å². The van der Waals surface area contributed by atoms with Crippen LogP contribution in [0.1, 0.15) is 29.4 Å². The highest BCUT2D eigenvalue weighted by Crippen LogP contribution is 2.38. The Morgan fingerprint density at radius 1 is 1.00 bits per heavy atom. The Balaban J connectivity index is 2.31. The van der Waals surface area contributed by atoms with Gasteiger partial charge in [-0.05, 0) is 56.5 Å². The molecular formula is C21H20O2. The first-order valence-corrected chi connectivity index (χ1v) is 7.76. The van der Waals surface area contributed by atoms with Crippen molar-refractivity contribution in [3.8, 4) is 11.1 Å². The molecule has 0 bridgehead atoms. The maximum Gasteiger partial charge on any atom is 0.152 e. The molecule has 2 nitrogen and oxygen atoms in total. The molecule has 0 aliphatic rings. The van der Waals surface area contributed by atoms with E-state index in [1.165, 1.54) is 11.1 Å². The maximum absolute atomic E-state index is 11.3. The lowest BCUT2D eigenvalue weighted by Gasteiger charge is -2.03. The van der Waals surface area contributed by atoms with Gasteiger partial charge in [0.15, 0.2) is 5.78 Å². The van der Waals surface area contributed by atoms with Gasteiger partial charge in [0.1, 0.15) is 11.3 Å². The van der Waals surface area contributed by atoms with Crippen LogP contribution >= 0.6 is 0 Å². The van der Waals surface area contributed by atoms with E-state index in [0.29, 0.717) is 0 Å². The Kier molecular flexibility index (Phi) is 3.91. The van der Waals surface area contributed by atoms with Gasteiger partial charge < -0.3 is 4.42 Å². The molecule has 0 saturated carbocycles. The van der Waals surface area contributed by atoms with E-state index >= 15 is 0 Å². The first kappa shape index (κ1) is 15.3. The number of allylic oxidation sites excluding steroid dienone is 1. The first-order chi connectivity index (χ1) is 11.0. The van der Waals surface area contributed by atoms with E-state index in [2.05, 4.69) is 57.2 Å². The monoisotopic (exact) mass is 304 g/mol. The minimum Gasteiger partial charge on any atom is -0.456 e. The number of carbonyl (C=O) groups excluding carboxylic acids is 1. The summed E-state index contributed by atoms with van der Waals surface area (Å²) in [7, 11) is 0. The lowest BCUT2D eigenvalue weighted by Crippen LogP contribution is -1.83. The first-order valence-electron chi connectivity index (χ1n) is 7.76. The molecule has 0 spiro atoms. The Labute approximate surface area is 136 Å². The zero-order valence-electron chi connectivity index (χ0n) is 13.9. The highest BCUT2D eigenvalue weighted by atomic mass is 16.3. The Morgan fingerprint density at radius 3 is 2.35 bits per heavy atom. The average molecular weight is 304 g/mol. The zero-order chi connectivity index (χ0) is 16.6. The molecule has 0 unspecified atom stereocenters. The Bertz CT molecular complexity index is 909. The number of ketones is 1. The van der Waals surface area contributed by atoms with Crippen LogP contribution in [0.15, 0.2) is 46.9 Å². The van der Waals surface area contributed by atoms with Gasteiger partial charge in [0.2, 0.25) is 0 Å². The molecule has 0 N–H and O–H groups in total. The molecule has 3 rings (SSSR count). The second-order valence-corrected chi connectivity index (χ2v) is 6.04. The van der Waals surface area contributed by atoms with E-state index in [4.69, 9.17) is 4.42 Å². The van der Waals surface area contributed by atoms with Crippen LogP contribution in [0.2, 0.25) is 0 Å². The summed E-state index contributed by atoms with van der Waals surface area (Å²) in [5.74, 6) is 0.737. The molecule has 2 heteroatoms. The minimum absolute atomic E-state index is 0.00761. The molecule has 1 aromatic heterocycles. The van der Waals surface area contributed by atoms with Gasteiger partial charge in [0, 0.05) is 10.9 Å². The number of hydrogen-bond acceptors (Lipinski definition) is 2. The summed E-state index contributed by atoms with van der Waals surface area (Å²) in [6.45, 7) is 7.76. The molecular weight excluding hydrogens is 284 g/mol. The molecule has 0 amide bonds. The summed E-state index contributed by atoms with van der Waals surface area (Å²) < 4.78 is 6.11. The van der Waals surface area contributed by atoms with Crippen LogP contribution in [-0.2, 0) is 4.79 Å². The van der Waals surface area contributed by atoms with E-state index in [-0.39, 0.29) is 5.78 Å². The molecule has 0 atom stereocenters. The van der Waals surface area contributed by atoms with Crippen LogP contribution in [-0.4, -0.2) is 5.78 Å². The van der Waals surface area contributed by atoms with Gasteiger partial charge in [0.05, 0.1) is 0 Å². The molecule has 0 aliphatic carbocycles. The average Bonchev–Trinajstić information content (AvgIpc) is 2.89. The van der Waals surface area contributed by atoms with Crippen molar-refractivity contribution >= 4 is 22.8 Å². The molecule has 1 heterocycles. The molecule has 2 aromatic carbocycles. The maximum atomic E-state index is 11.3. The van der Waals surface area contributed by atoms with Crippen molar-refractivity contribution in [2.45, 2.75) is 27.7 Å². The molecule has 0 aliphatic heterocycles. The third kappa shape index (κ3) is 2.85. The highest BCUT2D eigenvalue weighted by Gasteiger charge is 2.16. The molecule has 0 radical (unpaired) electrons. The van der Waals surface area contributed by atoms with Crippen LogP contribution in [0.5, 0.6) is 0 Å². The Hall–Kier alpha value is -2.61. The van der Waals surface area contributed by atoms with Crippen molar-refractivity contribution in [3.63, 3.8) is 0 Å². The number of aryl methyl sites for hydroxylation is 3. The number of furan rings is 1. The van der Waals surface area contributed by atoms with Gasteiger partial charge in [0.25, 0.3) is 0 Å². The van der Waals surface area contributed by atoms with Crippen molar-refractivity contribution in [3.05, 3.63) is 64.9 Å². The number of rotatable bonds is 3. The quantitative estimate of drug-likeness (QED) is 0.587. The van der Waals surface area contributed by atoms with Gasteiger partial charge in [-0.2, -0.15) is 0 Å². The zero-order valence-corrected chi connectivity index (χ0v) is 13.9. The summed E-state index contributed by atoms with van der Waals surface area (Å²) >= 11 is 0. The summed E-state index contributed by atoms with van der Waals surface area (Å²) in [6, 6.07) is 12.6. The van der Waals surface area contributed by atoms with Crippen LogP contribution in [0.4, 0.5) is 0 Å². The molecule has 116 valence electrons. The van der Waals surface area contributed by atoms with Crippen molar-refractivity contribution in [2.75, 3.05) is 0 Å². The molecule has 0 fully saturated rings. The second-order valence-electron chi connectivity index (χ2n) is 6.04. The smallest absolute Gasteiger partial charge is 0.152 e. The van der Waals surface area contributed by atoms with Gasteiger partial charge in [-0.3, -0.25) is 4.79 Å². The summed E-state index contributed by atoms with van der Waals surface area (Å²) in [5.41, 5.74) is 6.58. The van der Waals surface area contributed by atoms with Crippen molar-refractivity contribution in [2.24, 2.45) is 0 Å². The minimum atomic E-state index is 0.00761. The molecule has 23 heavy (non-hydrogen) atoms. The van der Waals surface area contributed by atoms with Crippen LogP contribution in [0.25, 0.3) is 28.2 Å². The van der Waals surface area contributed by atoms with Gasteiger partial charge in [-0.1, -0.05) is 42.0 Å². The van der Waals surface area contributed by atoms with E-state index in [1.807, 2.05) is 0 Å². The third-order valence-electron chi connectivity index (χ3n) is 4.21. The van der Waals surface area contributed by atoms with E-state index in [1.54, 1.807) is 19.1 Å². The van der Waals surface area contributed by atoms with Crippen molar-refractivity contribution in [1.82, 2.24) is 0 Å². The second kappa shape index (κ2) is 5.88. The topological polar surface area (TPSA) is 30.2 Å². The fraction of sp³-hybridized carbons (Fsp3) is 0.190. The van der Waals surface area contributed by atoms with Crippen LogP contribution in [0.3, 0.4) is 0 Å². The van der Waals surface area contributed by atoms with Gasteiger partial charge >= 0.3 is 0 Å². The Morgan fingerprint density at radius 2 is 1.70 bits per heavy atom.